The summed E-state index contributed by atoms with van der Waals surface area (Å²) in [5, 5.41) is 3.54. The van der Waals surface area contributed by atoms with Crippen molar-refractivity contribution < 1.29 is 4.74 Å². The van der Waals surface area contributed by atoms with Gasteiger partial charge in [0.1, 0.15) is 17.9 Å². The van der Waals surface area contributed by atoms with E-state index < -0.39 is 0 Å². The summed E-state index contributed by atoms with van der Waals surface area (Å²) in [4.78, 5) is 9.91. The quantitative estimate of drug-likeness (QED) is 0.348. The molecule has 2 heterocycles. The minimum Gasteiger partial charge on any atom is -0.492 e. The number of aromatic nitrogens is 3. The van der Waals surface area contributed by atoms with Gasteiger partial charge in [0.05, 0.1) is 23.1 Å². The first-order valence-corrected chi connectivity index (χ1v) is 10.5. The summed E-state index contributed by atoms with van der Waals surface area (Å²) < 4.78 is 8.39. The zero-order valence-electron chi connectivity index (χ0n) is 17.2. The van der Waals surface area contributed by atoms with Gasteiger partial charge in [-0.3, -0.25) is 0 Å². The van der Waals surface area contributed by atoms with E-state index in [9.17, 15) is 0 Å². The number of hydrogen-bond donors (Lipinski definition) is 0. The van der Waals surface area contributed by atoms with Crippen LogP contribution in [0.25, 0.3) is 43.9 Å². The molecule has 0 N–H and O–H groups in total. The zero-order chi connectivity index (χ0) is 20.8. The van der Waals surface area contributed by atoms with Crippen molar-refractivity contribution in [1.29, 1.82) is 0 Å². The summed E-state index contributed by atoms with van der Waals surface area (Å²) in [7, 11) is 0. The molecule has 0 spiro atoms. The van der Waals surface area contributed by atoms with Crippen LogP contribution < -0.4 is 4.74 Å². The number of ether oxygens (including phenoxy) is 1. The summed E-state index contributed by atoms with van der Waals surface area (Å²) in [6, 6.07) is 29.0. The molecule has 0 unspecified atom stereocenters. The van der Waals surface area contributed by atoms with Gasteiger partial charge in [0, 0.05) is 5.39 Å². The van der Waals surface area contributed by atoms with E-state index in [1.165, 1.54) is 21.9 Å². The molecule has 0 saturated carbocycles. The highest BCUT2D eigenvalue weighted by molar-refractivity contribution is 6.07. The number of benzene rings is 4. The number of hydrogen-bond acceptors (Lipinski definition) is 3. The van der Waals surface area contributed by atoms with Crippen molar-refractivity contribution in [3.63, 3.8) is 0 Å². The van der Waals surface area contributed by atoms with Gasteiger partial charge in [0.2, 0.25) is 0 Å². The number of aryl methyl sites for hydroxylation is 1. The molecule has 2 aromatic heterocycles. The van der Waals surface area contributed by atoms with Gasteiger partial charge in [-0.25, -0.2) is 9.97 Å². The standard InChI is InChI=1S/C27H21N3O/c1-18-7-6-10-22-25-27(29-24-12-5-4-11-23(24)28-25)30(26(18)22)15-16-31-21-14-13-19-8-2-3-9-20(19)17-21/h2-14,17H,15-16H2,1H3. The molecule has 4 aromatic carbocycles. The van der Waals surface area contributed by atoms with E-state index in [0.29, 0.717) is 13.2 Å². The largest absolute Gasteiger partial charge is 0.492 e. The van der Waals surface area contributed by atoms with Crippen LogP contribution in [0, 0.1) is 6.92 Å². The third-order valence-electron chi connectivity index (χ3n) is 5.88. The molecule has 150 valence electrons. The molecular weight excluding hydrogens is 382 g/mol. The Labute approximate surface area is 179 Å². The Morgan fingerprint density at radius 2 is 1.55 bits per heavy atom. The first-order valence-electron chi connectivity index (χ1n) is 10.5. The zero-order valence-corrected chi connectivity index (χ0v) is 17.2. The van der Waals surface area contributed by atoms with Gasteiger partial charge in [0.25, 0.3) is 0 Å². The Hall–Kier alpha value is -3.92. The average Bonchev–Trinajstić information content (AvgIpc) is 3.11. The Morgan fingerprint density at radius 3 is 2.42 bits per heavy atom. The normalized spacial score (nSPS) is 11.6. The van der Waals surface area contributed by atoms with Gasteiger partial charge in [0.15, 0.2) is 5.65 Å². The summed E-state index contributed by atoms with van der Waals surface area (Å²) >= 11 is 0. The van der Waals surface area contributed by atoms with Gasteiger partial charge in [-0.05, 0) is 47.5 Å². The topological polar surface area (TPSA) is 39.9 Å². The predicted molar refractivity (Wildman–Crippen MR) is 127 cm³/mol. The average molecular weight is 403 g/mol. The second-order valence-electron chi connectivity index (χ2n) is 7.86. The molecule has 31 heavy (non-hydrogen) atoms. The highest BCUT2D eigenvalue weighted by Crippen LogP contribution is 2.30. The SMILES string of the molecule is Cc1cccc2c3nc4ccccc4nc3n(CCOc3ccc4ccccc4c3)c12. The van der Waals surface area contributed by atoms with Gasteiger partial charge in [-0.15, -0.1) is 0 Å². The summed E-state index contributed by atoms with van der Waals surface area (Å²) in [6.45, 7) is 3.40. The Morgan fingerprint density at radius 1 is 0.774 bits per heavy atom. The van der Waals surface area contributed by atoms with Crippen LogP contribution in [0.15, 0.2) is 84.9 Å². The van der Waals surface area contributed by atoms with Crippen LogP contribution in [-0.4, -0.2) is 21.1 Å². The fourth-order valence-electron chi connectivity index (χ4n) is 4.40. The third-order valence-corrected chi connectivity index (χ3v) is 5.88. The Bertz CT molecular complexity index is 1580. The van der Waals surface area contributed by atoms with Crippen molar-refractivity contribution in [3.05, 3.63) is 90.5 Å². The maximum atomic E-state index is 6.14. The lowest BCUT2D eigenvalue weighted by atomic mass is 10.1. The van der Waals surface area contributed by atoms with Crippen molar-refractivity contribution in [1.82, 2.24) is 14.5 Å². The Kier molecular flexibility index (Phi) is 4.10. The van der Waals surface area contributed by atoms with E-state index >= 15 is 0 Å². The lowest BCUT2D eigenvalue weighted by Crippen LogP contribution is -2.09. The van der Waals surface area contributed by atoms with Crippen LogP contribution in [0.3, 0.4) is 0 Å². The first kappa shape index (κ1) is 17.9. The fraction of sp³-hybridized carbons (Fsp3) is 0.111. The number of nitrogens with zero attached hydrogens (tertiary/aromatic N) is 3. The molecule has 6 aromatic rings. The molecule has 0 radical (unpaired) electrons. The van der Waals surface area contributed by atoms with E-state index in [0.717, 1.165) is 33.3 Å². The van der Waals surface area contributed by atoms with Crippen LogP contribution in [0.4, 0.5) is 0 Å². The molecule has 0 aliphatic rings. The first-order chi connectivity index (χ1) is 15.3. The van der Waals surface area contributed by atoms with Gasteiger partial charge >= 0.3 is 0 Å². The highest BCUT2D eigenvalue weighted by Gasteiger charge is 2.16. The summed E-state index contributed by atoms with van der Waals surface area (Å²) in [5.41, 5.74) is 6.07. The minimum atomic E-state index is 0.556. The van der Waals surface area contributed by atoms with Gasteiger partial charge < -0.3 is 9.30 Å². The molecule has 4 nitrogen and oxygen atoms in total. The molecule has 0 fully saturated rings. The molecule has 0 saturated heterocycles. The van der Waals surface area contributed by atoms with E-state index in [4.69, 9.17) is 14.7 Å². The molecular formula is C27H21N3O. The monoisotopic (exact) mass is 403 g/mol. The van der Waals surface area contributed by atoms with E-state index in [1.54, 1.807) is 0 Å². The van der Waals surface area contributed by atoms with Gasteiger partial charge in [-0.2, -0.15) is 0 Å². The lowest BCUT2D eigenvalue weighted by molar-refractivity contribution is 0.302. The smallest absolute Gasteiger partial charge is 0.160 e. The second kappa shape index (κ2) is 7.10. The molecule has 0 atom stereocenters. The second-order valence-corrected chi connectivity index (χ2v) is 7.86. The molecule has 4 heteroatoms. The van der Waals surface area contributed by atoms with Crippen LogP contribution >= 0.6 is 0 Å². The van der Waals surface area contributed by atoms with Gasteiger partial charge in [-0.1, -0.05) is 60.7 Å². The maximum absolute atomic E-state index is 6.14. The fourth-order valence-corrected chi connectivity index (χ4v) is 4.40. The molecule has 6 rings (SSSR count). The predicted octanol–water partition coefficient (Wildman–Crippen LogP) is 6.28. The van der Waals surface area contributed by atoms with Crippen LogP contribution in [0.1, 0.15) is 5.56 Å². The van der Waals surface area contributed by atoms with Crippen molar-refractivity contribution in [3.8, 4) is 5.75 Å². The Balaban J connectivity index is 1.40. The molecule has 0 aliphatic carbocycles. The minimum absolute atomic E-state index is 0.556. The van der Waals surface area contributed by atoms with E-state index in [-0.39, 0.29) is 0 Å². The van der Waals surface area contributed by atoms with Crippen LogP contribution in [-0.2, 0) is 6.54 Å². The summed E-state index contributed by atoms with van der Waals surface area (Å²) in [5.74, 6) is 0.882. The number of fused-ring (bicyclic) bond motifs is 5. The van der Waals surface area contributed by atoms with Crippen LogP contribution in [0.5, 0.6) is 5.75 Å². The van der Waals surface area contributed by atoms with Crippen LogP contribution in [0.2, 0.25) is 0 Å². The number of para-hydroxylation sites is 3. The number of rotatable bonds is 4. The highest BCUT2D eigenvalue weighted by atomic mass is 16.5. The lowest BCUT2D eigenvalue weighted by Gasteiger charge is -2.11. The molecule has 0 bridgehead atoms. The van der Waals surface area contributed by atoms with Crippen molar-refractivity contribution in [2.24, 2.45) is 0 Å². The summed E-state index contributed by atoms with van der Waals surface area (Å²) in [6.07, 6.45) is 0. The van der Waals surface area contributed by atoms with Crippen molar-refractivity contribution in [2.75, 3.05) is 6.61 Å². The van der Waals surface area contributed by atoms with Crippen molar-refractivity contribution >= 4 is 43.9 Å². The van der Waals surface area contributed by atoms with E-state index in [1.807, 2.05) is 30.3 Å². The van der Waals surface area contributed by atoms with E-state index in [2.05, 4.69) is 66.1 Å². The van der Waals surface area contributed by atoms with Crippen molar-refractivity contribution in [2.45, 2.75) is 13.5 Å². The molecule has 0 aliphatic heterocycles. The maximum Gasteiger partial charge on any atom is 0.160 e. The third kappa shape index (κ3) is 2.99. The molecule has 0 amide bonds.